The summed E-state index contributed by atoms with van der Waals surface area (Å²) < 4.78 is 0. The molecular formula is C13H16N2O4S. The normalized spacial score (nSPS) is 13.8. The van der Waals surface area contributed by atoms with Crippen molar-refractivity contribution in [3.05, 3.63) is 17.0 Å². The lowest BCUT2D eigenvalue weighted by molar-refractivity contribution is -0.137. The maximum absolute atomic E-state index is 11.8. The highest BCUT2D eigenvalue weighted by Crippen LogP contribution is 2.31. The van der Waals surface area contributed by atoms with Gasteiger partial charge in [0.2, 0.25) is 5.91 Å². The van der Waals surface area contributed by atoms with Gasteiger partial charge in [-0.3, -0.25) is 14.4 Å². The smallest absolute Gasteiger partial charge is 0.303 e. The lowest BCUT2D eigenvalue weighted by Crippen LogP contribution is -2.23. The largest absolute Gasteiger partial charge is 0.481 e. The third-order valence-electron chi connectivity index (χ3n) is 2.88. The van der Waals surface area contributed by atoms with E-state index in [-0.39, 0.29) is 24.2 Å². The molecule has 0 atom stereocenters. The second kappa shape index (κ2) is 6.51. The molecule has 3 N–H and O–H groups in total. The van der Waals surface area contributed by atoms with Crippen molar-refractivity contribution >= 4 is 34.1 Å². The Balaban J connectivity index is 1.77. The predicted molar refractivity (Wildman–Crippen MR) is 74.9 cm³/mol. The Bertz CT molecular complexity index is 522. The topological polar surface area (TPSA) is 95.5 Å². The maximum Gasteiger partial charge on any atom is 0.303 e. The number of hydrogen-bond donors (Lipinski definition) is 3. The Kier molecular flexibility index (Phi) is 4.73. The van der Waals surface area contributed by atoms with Crippen molar-refractivity contribution < 1.29 is 19.5 Å². The number of aliphatic carboxylic acids is 1. The summed E-state index contributed by atoms with van der Waals surface area (Å²) in [6.45, 7) is 0.326. The van der Waals surface area contributed by atoms with Gasteiger partial charge in [-0.1, -0.05) is 0 Å². The Hall–Kier alpha value is -1.89. The molecule has 0 unspecified atom stereocenters. The van der Waals surface area contributed by atoms with Crippen LogP contribution in [0, 0.1) is 5.92 Å². The summed E-state index contributed by atoms with van der Waals surface area (Å²) in [6.07, 6.45) is 2.31. The summed E-state index contributed by atoms with van der Waals surface area (Å²) in [4.78, 5) is 34.2. The summed E-state index contributed by atoms with van der Waals surface area (Å²) in [6, 6.07) is 3.36. The van der Waals surface area contributed by atoms with Gasteiger partial charge in [-0.05, 0) is 31.4 Å². The summed E-state index contributed by atoms with van der Waals surface area (Å²) >= 11 is 1.22. The number of carboxylic acids is 1. The molecule has 7 heteroatoms. The van der Waals surface area contributed by atoms with E-state index < -0.39 is 5.97 Å². The van der Waals surface area contributed by atoms with Gasteiger partial charge in [-0.25, -0.2) is 0 Å². The zero-order valence-electron chi connectivity index (χ0n) is 10.8. The predicted octanol–water partition coefficient (Wildman–Crippen LogP) is 1.69. The number of nitrogens with one attached hydrogen (secondary N) is 2. The first-order valence-electron chi connectivity index (χ1n) is 6.47. The van der Waals surface area contributed by atoms with E-state index in [0.29, 0.717) is 22.8 Å². The molecule has 0 aliphatic heterocycles. The van der Waals surface area contributed by atoms with E-state index >= 15 is 0 Å². The number of hydrogen-bond acceptors (Lipinski definition) is 4. The molecule has 6 nitrogen and oxygen atoms in total. The highest BCUT2D eigenvalue weighted by Gasteiger charge is 2.29. The number of carboxylic acid groups (broad SMARTS) is 1. The average Bonchev–Trinajstić information content (AvgIpc) is 3.15. The first-order valence-corrected chi connectivity index (χ1v) is 7.28. The quantitative estimate of drug-likeness (QED) is 0.667. The summed E-state index contributed by atoms with van der Waals surface area (Å²) in [7, 11) is 0. The van der Waals surface area contributed by atoms with Crippen LogP contribution in [-0.2, 0) is 9.59 Å². The standard InChI is InChI=1S/C13H16N2O4S/c16-11(17)2-1-7-14-13(19)9-5-6-10(20-9)15-12(18)8-3-4-8/h5-6,8H,1-4,7H2,(H,14,19)(H,15,18)(H,16,17). The van der Waals surface area contributed by atoms with Crippen molar-refractivity contribution in [3.8, 4) is 0 Å². The van der Waals surface area contributed by atoms with Crippen LogP contribution in [0.25, 0.3) is 0 Å². The fraction of sp³-hybridized carbons (Fsp3) is 0.462. The minimum absolute atomic E-state index is 0.0141. The number of rotatable bonds is 7. The fourth-order valence-electron chi connectivity index (χ4n) is 1.62. The van der Waals surface area contributed by atoms with Crippen molar-refractivity contribution in [2.45, 2.75) is 25.7 Å². The van der Waals surface area contributed by atoms with Crippen LogP contribution >= 0.6 is 11.3 Å². The van der Waals surface area contributed by atoms with Gasteiger partial charge in [-0.2, -0.15) is 0 Å². The number of anilines is 1. The van der Waals surface area contributed by atoms with Crippen LogP contribution in [-0.4, -0.2) is 29.4 Å². The molecule has 1 aliphatic carbocycles. The first kappa shape index (κ1) is 14.5. The summed E-state index contributed by atoms with van der Waals surface area (Å²) in [5, 5.41) is 14.6. The van der Waals surface area contributed by atoms with Crippen LogP contribution in [0.15, 0.2) is 12.1 Å². The molecule has 0 radical (unpaired) electrons. The van der Waals surface area contributed by atoms with Crippen LogP contribution in [0.5, 0.6) is 0 Å². The Morgan fingerprint density at radius 2 is 2.05 bits per heavy atom. The third-order valence-corrected chi connectivity index (χ3v) is 3.88. The SMILES string of the molecule is O=C(O)CCCNC(=O)c1ccc(NC(=O)C2CC2)s1. The summed E-state index contributed by atoms with van der Waals surface area (Å²) in [5.74, 6) is -0.974. The molecule has 0 saturated heterocycles. The lowest BCUT2D eigenvalue weighted by Gasteiger charge is -2.02. The van der Waals surface area contributed by atoms with Gasteiger partial charge in [0.05, 0.1) is 9.88 Å². The highest BCUT2D eigenvalue weighted by atomic mass is 32.1. The number of carbonyl (C=O) groups is 3. The van der Waals surface area contributed by atoms with Crippen molar-refractivity contribution in [1.29, 1.82) is 0 Å². The number of thiophene rings is 1. The molecule has 1 saturated carbocycles. The average molecular weight is 296 g/mol. The van der Waals surface area contributed by atoms with Crippen molar-refractivity contribution in [2.24, 2.45) is 5.92 Å². The van der Waals surface area contributed by atoms with Crippen LogP contribution in [0.3, 0.4) is 0 Å². The minimum atomic E-state index is -0.875. The van der Waals surface area contributed by atoms with E-state index in [1.165, 1.54) is 11.3 Å². The van der Waals surface area contributed by atoms with E-state index in [0.717, 1.165) is 12.8 Å². The number of amides is 2. The van der Waals surface area contributed by atoms with Gasteiger partial charge in [0, 0.05) is 18.9 Å². The minimum Gasteiger partial charge on any atom is -0.481 e. The molecule has 2 amide bonds. The maximum atomic E-state index is 11.8. The Labute approximate surface area is 120 Å². The van der Waals surface area contributed by atoms with E-state index in [9.17, 15) is 14.4 Å². The van der Waals surface area contributed by atoms with Gasteiger partial charge < -0.3 is 15.7 Å². The first-order chi connectivity index (χ1) is 9.56. The third kappa shape index (κ3) is 4.34. The zero-order valence-corrected chi connectivity index (χ0v) is 11.7. The van der Waals surface area contributed by atoms with Crippen molar-refractivity contribution in [3.63, 3.8) is 0 Å². The molecule has 1 aliphatic rings. The monoisotopic (exact) mass is 296 g/mol. The Morgan fingerprint density at radius 3 is 2.70 bits per heavy atom. The molecule has 20 heavy (non-hydrogen) atoms. The van der Waals surface area contributed by atoms with Gasteiger partial charge >= 0.3 is 5.97 Å². The second-order valence-electron chi connectivity index (χ2n) is 4.68. The summed E-state index contributed by atoms with van der Waals surface area (Å²) in [5.41, 5.74) is 0. The van der Waals surface area contributed by atoms with Crippen LogP contribution < -0.4 is 10.6 Å². The highest BCUT2D eigenvalue weighted by molar-refractivity contribution is 7.18. The molecule has 0 bridgehead atoms. The van der Waals surface area contributed by atoms with Gasteiger partial charge in [0.25, 0.3) is 5.91 Å². The van der Waals surface area contributed by atoms with Gasteiger partial charge in [0.1, 0.15) is 0 Å². The van der Waals surface area contributed by atoms with Gasteiger partial charge in [0.15, 0.2) is 0 Å². The second-order valence-corrected chi connectivity index (χ2v) is 5.76. The van der Waals surface area contributed by atoms with Crippen LogP contribution in [0.4, 0.5) is 5.00 Å². The molecule has 1 aromatic heterocycles. The molecular weight excluding hydrogens is 280 g/mol. The van der Waals surface area contributed by atoms with Crippen LogP contribution in [0.2, 0.25) is 0 Å². The van der Waals surface area contributed by atoms with E-state index in [2.05, 4.69) is 10.6 Å². The van der Waals surface area contributed by atoms with Crippen LogP contribution in [0.1, 0.15) is 35.4 Å². The molecule has 0 spiro atoms. The molecule has 2 rings (SSSR count). The lowest BCUT2D eigenvalue weighted by atomic mass is 10.3. The zero-order chi connectivity index (χ0) is 14.5. The van der Waals surface area contributed by atoms with Crippen molar-refractivity contribution in [1.82, 2.24) is 5.32 Å². The Morgan fingerprint density at radius 1 is 1.30 bits per heavy atom. The van der Waals surface area contributed by atoms with E-state index in [4.69, 9.17) is 5.11 Å². The van der Waals surface area contributed by atoms with E-state index in [1.54, 1.807) is 12.1 Å². The molecule has 0 aromatic carbocycles. The molecule has 1 fully saturated rings. The van der Waals surface area contributed by atoms with E-state index in [1.807, 2.05) is 0 Å². The molecule has 1 heterocycles. The molecule has 108 valence electrons. The number of carbonyl (C=O) groups excluding carboxylic acids is 2. The molecule has 1 aromatic rings. The fourth-order valence-corrected chi connectivity index (χ4v) is 2.45. The van der Waals surface area contributed by atoms with Gasteiger partial charge in [-0.15, -0.1) is 11.3 Å². The van der Waals surface area contributed by atoms with Crippen molar-refractivity contribution in [2.75, 3.05) is 11.9 Å².